The fourth-order valence-corrected chi connectivity index (χ4v) is 2.60. The van der Waals surface area contributed by atoms with E-state index in [9.17, 15) is 9.59 Å². The molecule has 0 saturated carbocycles. The molecule has 2 amide bonds. The molecule has 0 unspecified atom stereocenters. The zero-order valence-corrected chi connectivity index (χ0v) is 13.1. The first-order valence-electron chi connectivity index (χ1n) is 6.59. The van der Waals surface area contributed by atoms with Crippen molar-refractivity contribution in [2.24, 2.45) is 0 Å². The van der Waals surface area contributed by atoms with Gasteiger partial charge in [-0.1, -0.05) is 29.3 Å². The molecule has 1 aromatic carbocycles. The van der Waals surface area contributed by atoms with Crippen LogP contribution in [0.4, 0.5) is 5.69 Å². The average Bonchev–Trinajstić information content (AvgIpc) is 2.96. The first kappa shape index (κ1) is 16.1. The Morgan fingerprint density at radius 3 is 2.62 bits per heavy atom. The van der Waals surface area contributed by atoms with Crippen molar-refractivity contribution in [3.63, 3.8) is 0 Å². The molecule has 1 N–H and O–H groups in total. The number of nitrogens with zero attached hydrogens (tertiary/aromatic N) is 1. The highest BCUT2D eigenvalue weighted by atomic mass is 35.5. The van der Waals surface area contributed by atoms with Crippen molar-refractivity contribution in [3.05, 3.63) is 28.2 Å². The molecule has 114 valence electrons. The zero-order chi connectivity index (χ0) is 15.4. The van der Waals surface area contributed by atoms with Crippen LogP contribution >= 0.6 is 23.2 Å². The van der Waals surface area contributed by atoms with E-state index in [2.05, 4.69) is 5.32 Å². The van der Waals surface area contributed by atoms with Crippen LogP contribution in [0.5, 0.6) is 0 Å². The number of likely N-dealkylation sites (N-methyl/N-ethyl adjacent to an activating group) is 1. The normalized spacial score (nSPS) is 17.6. The van der Waals surface area contributed by atoms with E-state index < -0.39 is 6.10 Å². The molecule has 0 aliphatic carbocycles. The summed E-state index contributed by atoms with van der Waals surface area (Å²) in [7, 11) is 1.57. The van der Waals surface area contributed by atoms with E-state index in [1.54, 1.807) is 25.2 Å². The molecule has 1 heterocycles. The van der Waals surface area contributed by atoms with Gasteiger partial charge in [-0.15, -0.1) is 0 Å². The molecule has 1 aliphatic rings. The van der Waals surface area contributed by atoms with Crippen LogP contribution in [0.2, 0.25) is 10.0 Å². The Labute approximate surface area is 133 Å². The molecular weight excluding hydrogens is 315 g/mol. The summed E-state index contributed by atoms with van der Waals surface area (Å²) in [5.41, 5.74) is 0.351. The number of benzene rings is 1. The number of ether oxygens (including phenoxy) is 1. The number of carbonyl (C=O) groups is 2. The van der Waals surface area contributed by atoms with Gasteiger partial charge in [0.2, 0.25) is 5.91 Å². The van der Waals surface area contributed by atoms with Gasteiger partial charge >= 0.3 is 0 Å². The van der Waals surface area contributed by atoms with E-state index in [1.165, 1.54) is 4.90 Å². The van der Waals surface area contributed by atoms with Crippen LogP contribution in [0.1, 0.15) is 12.8 Å². The van der Waals surface area contributed by atoms with E-state index in [1.807, 2.05) is 0 Å². The summed E-state index contributed by atoms with van der Waals surface area (Å²) < 4.78 is 5.31. The highest BCUT2D eigenvalue weighted by molar-refractivity contribution is 6.39. The number of carbonyl (C=O) groups excluding carboxylic acids is 2. The van der Waals surface area contributed by atoms with Gasteiger partial charge < -0.3 is 15.0 Å². The zero-order valence-electron chi connectivity index (χ0n) is 11.6. The van der Waals surface area contributed by atoms with Gasteiger partial charge in [-0.25, -0.2) is 0 Å². The standard InChI is InChI=1S/C14H16Cl2N2O3/c1-18(14(20)11-6-3-7-21-11)8-12(19)17-13-9(15)4-2-5-10(13)16/h2,4-5,11H,3,6-8H2,1H3,(H,17,19)/t11-/m0/s1. The topological polar surface area (TPSA) is 58.6 Å². The number of halogens is 2. The molecule has 0 radical (unpaired) electrons. The molecule has 5 nitrogen and oxygen atoms in total. The van der Waals surface area contributed by atoms with Crippen molar-refractivity contribution < 1.29 is 14.3 Å². The van der Waals surface area contributed by atoms with Gasteiger partial charge in [0.25, 0.3) is 5.91 Å². The minimum absolute atomic E-state index is 0.0831. The molecule has 1 aromatic rings. The van der Waals surface area contributed by atoms with Crippen molar-refractivity contribution in [2.45, 2.75) is 18.9 Å². The lowest BCUT2D eigenvalue weighted by Crippen LogP contribution is -2.40. The van der Waals surface area contributed by atoms with Crippen molar-refractivity contribution in [1.29, 1.82) is 0 Å². The lowest BCUT2D eigenvalue weighted by molar-refractivity contribution is -0.141. The minimum Gasteiger partial charge on any atom is -0.368 e. The third-order valence-electron chi connectivity index (χ3n) is 3.19. The van der Waals surface area contributed by atoms with Crippen molar-refractivity contribution in [2.75, 3.05) is 25.5 Å². The van der Waals surface area contributed by atoms with Crippen LogP contribution < -0.4 is 5.32 Å². The monoisotopic (exact) mass is 330 g/mol. The molecule has 1 saturated heterocycles. The van der Waals surface area contributed by atoms with Gasteiger partial charge in [-0.3, -0.25) is 9.59 Å². The van der Waals surface area contributed by atoms with Gasteiger partial charge in [-0.05, 0) is 25.0 Å². The van der Waals surface area contributed by atoms with Crippen LogP contribution in [0, 0.1) is 0 Å². The smallest absolute Gasteiger partial charge is 0.251 e. The fourth-order valence-electron chi connectivity index (χ4n) is 2.11. The van der Waals surface area contributed by atoms with E-state index in [0.29, 0.717) is 28.8 Å². The lowest BCUT2D eigenvalue weighted by Gasteiger charge is -2.20. The molecule has 2 rings (SSSR count). The van der Waals surface area contributed by atoms with Gasteiger partial charge in [0.15, 0.2) is 0 Å². The van der Waals surface area contributed by atoms with E-state index >= 15 is 0 Å². The second kappa shape index (κ2) is 7.11. The van der Waals surface area contributed by atoms with Gasteiger partial charge in [0.05, 0.1) is 22.3 Å². The minimum atomic E-state index is -0.438. The Morgan fingerprint density at radius 2 is 2.05 bits per heavy atom. The Morgan fingerprint density at radius 1 is 1.38 bits per heavy atom. The van der Waals surface area contributed by atoms with Crippen LogP contribution in [-0.2, 0) is 14.3 Å². The number of hydrogen-bond donors (Lipinski definition) is 1. The summed E-state index contributed by atoms with van der Waals surface area (Å²) >= 11 is 12.0. The summed E-state index contributed by atoms with van der Waals surface area (Å²) in [4.78, 5) is 25.4. The molecule has 1 fully saturated rings. The SMILES string of the molecule is CN(CC(=O)Nc1c(Cl)cccc1Cl)C(=O)[C@@H]1CCCO1. The molecule has 0 bridgehead atoms. The number of anilines is 1. The second-order valence-electron chi connectivity index (χ2n) is 4.84. The Hall–Kier alpha value is -1.30. The van der Waals surface area contributed by atoms with E-state index in [4.69, 9.17) is 27.9 Å². The largest absolute Gasteiger partial charge is 0.368 e. The van der Waals surface area contributed by atoms with Gasteiger partial charge in [0, 0.05) is 13.7 Å². The van der Waals surface area contributed by atoms with E-state index in [-0.39, 0.29) is 18.4 Å². The van der Waals surface area contributed by atoms with Crippen molar-refractivity contribution >= 4 is 40.7 Å². The van der Waals surface area contributed by atoms with Crippen LogP contribution in [0.3, 0.4) is 0 Å². The predicted octanol–water partition coefficient (Wildman–Crippen LogP) is 2.57. The molecule has 1 atom stereocenters. The molecule has 21 heavy (non-hydrogen) atoms. The maximum atomic E-state index is 12.0. The van der Waals surface area contributed by atoms with Crippen LogP contribution in [0.25, 0.3) is 0 Å². The third kappa shape index (κ3) is 4.09. The molecule has 0 spiro atoms. The van der Waals surface area contributed by atoms with Crippen LogP contribution in [-0.4, -0.2) is 43.0 Å². The molecular formula is C14H16Cl2N2O3. The fraction of sp³-hybridized carbons (Fsp3) is 0.429. The Bertz CT molecular complexity index is 525. The molecule has 7 heteroatoms. The van der Waals surface area contributed by atoms with Crippen LogP contribution in [0.15, 0.2) is 18.2 Å². The predicted molar refractivity (Wildman–Crippen MR) is 81.7 cm³/mol. The van der Waals surface area contributed by atoms with Gasteiger partial charge in [-0.2, -0.15) is 0 Å². The van der Waals surface area contributed by atoms with Crippen molar-refractivity contribution in [1.82, 2.24) is 4.90 Å². The maximum Gasteiger partial charge on any atom is 0.251 e. The summed E-state index contributed by atoms with van der Waals surface area (Å²) in [5, 5.41) is 3.32. The summed E-state index contributed by atoms with van der Waals surface area (Å²) in [6.07, 6.45) is 1.12. The summed E-state index contributed by atoms with van der Waals surface area (Å²) in [5.74, 6) is -0.549. The summed E-state index contributed by atoms with van der Waals surface area (Å²) in [6.45, 7) is 0.506. The highest BCUT2D eigenvalue weighted by Gasteiger charge is 2.27. The van der Waals surface area contributed by atoms with E-state index in [0.717, 1.165) is 6.42 Å². The summed E-state index contributed by atoms with van der Waals surface area (Å²) in [6, 6.07) is 4.95. The first-order chi connectivity index (χ1) is 9.99. The number of hydrogen-bond acceptors (Lipinski definition) is 3. The van der Waals surface area contributed by atoms with Gasteiger partial charge in [0.1, 0.15) is 6.10 Å². The number of nitrogens with one attached hydrogen (secondary N) is 1. The Kier molecular flexibility index (Phi) is 5.45. The number of para-hydroxylation sites is 1. The Balaban J connectivity index is 1.93. The quantitative estimate of drug-likeness (QED) is 0.922. The molecule has 1 aliphatic heterocycles. The number of amides is 2. The van der Waals surface area contributed by atoms with Crippen molar-refractivity contribution in [3.8, 4) is 0 Å². The second-order valence-corrected chi connectivity index (χ2v) is 5.66. The third-order valence-corrected chi connectivity index (χ3v) is 3.82. The molecule has 0 aromatic heterocycles. The first-order valence-corrected chi connectivity index (χ1v) is 7.35. The maximum absolute atomic E-state index is 12.0. The number of rotatable bonds is 4. The lowest BCUT2D eigenvalue weighted by atomic mass is 10.2. The average molecular weight is 331 g/mol. The highest BCUT2D eigenvalue weighted by Crippen LogP contribution is 2.29.